The van der Waals surface area contributed by atoms with E-state index < -0.39 is 0 Å². The van der Waals surface area contributed by atoms with Gasteiger partial charge < -0.3 is 10.1 Å². The molecule has 0 saturated carbocycles. The number of hydrogen-bond acceptors (Lipinski definition) is 3. The van der Waals surface area contributed by atoms with Crippen molar-refractivity contribution in [1.29, 1.82) is 0 Å². The van der Waals surface area contributed by atoms with Crippen LogP contribution in [0.25, 0.3) is 0 Å². The highest BCUT2D eigenvalue weighted by atomic mass is 35.5. The molecular weight excluding hydrogens is 397 g/mol. The van der Waals surface area contributed by atoms with Crippen LogP contribution in [0, 0.1) is 0 Å². The molecule has 0 aliphatic heterocycles. The van der Waals surface area contributed by atoms with Crippen LogP contribution >= 0.6 is 23.2 Å². The predicted octanol–water partition coefficient (Wildman–Crippen LogP) is 5.78. The first kappa shape index (κ1) is 20.2. The number of carbonyl (C=O) groups excluding carboxylic acids is 1. The molecule has 0 aliphatic carbocycles. The van der Waals surface area contributed by atoms with Gasteiger partial charge in [-0.3, -0.25) is 4.79 Å². The van der Waals surface area contributed by atoms with Gasteiger partial charge in [-0.2, -0.15) is 5.10 Å². The molecule has 0 radical (unpaired) electrons. The van der Waals surface area contributed by atoms with Crippen molar-refractivity contribution in [2.45, 2.75) is 32.9 Å². The van der Waals surface area contributed by atoms with Gasteiger partial charge in [0.1, 0.15) is 5.75 Å². The van der Waals surface area contributed by atoms with E-state index in [4.69, 9.17) is 27.9 Å². The summed E-state index contributed by atoms with van der Waals surface area (Å²) in [6.07, 6.45) is 1.69. The summed E-state index contributed by atoms with van der Waals surface area (Å²) in [5.41, 5.74) is 2.15. The maximum atomic E-state index is 12.3. The third-order valence-corrected chi connectivity index (χ3v) is 4.87. The van der Waals surface area contributed by atoms with E-state index in [0.717, 1.165) is 5.75 Å². The van der Waals surface area contributed by atoms with Gasteiger partial charge in [-0.25, -0.2) is 4.68 Å². The zero-order valence-electron chi connectivity index (χ0n) is 15.9. The van der Waals surface area contributed by atoms with Crippen LogP contribution in [-0.4, -0.2) is 15.7 Å². The average molecular weight is 418 g/mol. The van der Waals surface area contributed by atoms with Gasteiger partial charge in [0.25, 0.3) is 5.91 Å². The predicted molar refractivity (Wildman–Crippen MR) is 112 cm³/mol. The molecule has 0 spiro atoms. The summed E-state index contributed by atoms with van der Waals surface area (Å²) in [6.45, 7) is 6.69. The standard InChI is InChI=1S/C21H21Cl2N3O2/c1-21(2,3)14-4-7-16(8-5-14)28-13-26-11-10-19(25-26)20(27)24-15-6-9-17(22)18(23)12-15/h4-12H,13H2,1-3H3,(H,24,27). The SMILES string of the molecule is CC(C)(C)c1ccc(OCn2ccc(C(=O)Nc3ccc(Cl)c(Cl)c3)n2)cc1. The van der Waals surface area contributed by atoms with E-state index >= 15 is 0 Å². The maximum Gasteiger partial charge on any atom is 0.276 e. The first-order valence-corrected chi connectivity index (χ1v) is 9.51. The summed E-state index contributed by atoms with van der Waals surface area (Å²) in [7, 11) is 0. The molecule has 146 valence electrons. The van der Waals surface area contributed by atoms with Gasteiger partial charge >= 0.3 is 0 Å². The van der Waals surface area contributed by atoms with Crippen LogP contribution in [0.1, 0.15) is 36.8 Å². The van der Waals surface area contributed by atoms with E-state index in [-0.39, 0.29) is 23.7 Å². The molecule has 0 atom stereocenters. The van der Waals surface area contributed by atoms with Crippen LogP contribution in [0.3, 0.4) is 0 Å². The van der Waals surface area contributed by atoms with Gasteiger partial charge in [-0.05, 0) is 47.4 Å². The lowest BCUT2D eigenvalue weighted by Gasteiger charge is -2.19. The average Bonchev–Trinajstić information content (AvgIpc) is 3.12. The van der Waals surface area contributed by atoms with Gasteiger partial charge in [-0.1, -0.05) is 56.1 Å². The van der Waals surface area contributed by atoms with Gasteiger partial charge in [0.05, 0.1) is 10.0 Å². The number of hydrogen-bond donors (Lipinski definition) is 1. The number of anilines is 1. The van der Waals surface area contributed by atoms with E-state index in [1.54, 1.807) is 35.1 Å². The third kappa shape index (κ3) is 5.06. The van der Waals surface area contributed by atoms with Crippen molar-refractivity contribution in [1.82, 2.24) is 9.78 Å². The van der Waals surface area contributed by atoms with Crippen molar-refractivity contribution in [2.75, 3.05) is 5.32 Å². The minimum absolute atomic E-state index is 0.0943. The Balaban J connectivity index is 1.59. The second-order valence-corrected chi connectivity index (χ2v) is 8.19. The molecule has 1 heterocycles. The molecule has 0 bridgehead atoms. The lowest BCUT2D eigenvalue weighted by atomic mass is 9.87. The maximum absolute atomic E-state index is 12.3. The lowest BCUT2D eigenvalue weighted by Crippen LogP contribution is -2.14. The first-order chi connectivity index (χ1) is 13.2. The number of ether oxygens (including phenoxy) is 1. The number of benzene rings is 2. The smallest absolute Gasteiger partial charge is 0.276 e. The molecule has 3 rings (SSSR count). The zero-order chi connectivity index (χ0) is 20.3. The Morgan fingerprint density at radius 2 is 1.79 bits per heavy atom. The van der Waals surface area contributed by atoms with Crippen LogP contribution in [0.4, 0.5) is 5.69 Å². The van der Waals surface area contributed by atoms with Crippen LogP contribution in [0.5, 0.6) is 5.75 Å². The number of nitrogens with one attached hydrogen (secondary N) is 1. The van der Waals surface area contributed by atoms with Crippen LogP contribution in [-0.2, 0) is 12.1 Å². The highest BCUT2D eigenvalue weighted by molar-refractivity contribution is 6.42. The minimum Gasteiger partial charge on any atom is -0.471 e. The first-order valence-electron chi connectivity index (χ1n) is 8.75. The highest BCUT2D eigenvalue weighted by Gasteiger charge is 2.13. The second kappa shape index (κ2) is 8.25. The molecule has 3 aromatic rings. The van der Waals surface area contributed by atoms with Gasteiger partial charge in [0.15, 0.2) is 12.4 Å². The lowest BCUT2D eigenvalue weighted by molar-refractivity contribution is 0.102. The summed E-state index contributed by atoms with van der Waals surface area (Å²) < 4.78 is 7.29. The van der Waals surface area contributed by atoms with Gasteiger partial charge in [-0.15, -0.1) is 0 Å². The van der Waals surface area contributed by atoms with Crippen LogP contribution < -0.4 is 10.1 Å². The fourth-order valence-electron chi connectivity index (χ4n) is 2.52. The highest BCUT2D eigenvalue weighted by Crippen LogP contribution is 2.26. The zero-order valence-corrected chi connectivity index (χ0v) is 17.4. The van der Waals surface area contributed by atoms with Gasteiger partial charge in [0.2, 0.25) is 0 Å². The number of rotatable bonds is 5. The molecule has 28 heavy (non-hydrogen) atoms. The molecule has 1 aromatic heterocycles. The summed E-state index contributed by atoms with van der Waals surface area (Å²) in [4.78, 5) is 12.3. The summed E-state index contributed by atoms with van der Waals surface area (Å²) >= 11 is 11.8. The second-order valence-electron chi connectivity index (χ2n) is 7.37. The Morgan fingerprint density at radius 1 is 1.07 bits per heavy atom. The molecule has 0 unspecified atom stereocenters. The van der Waals surface area contributed by atoms with Crippen molar-refractivity contribution >= 4 is 34.8 Å². The fraction of sp³-hybridized carbons (Fsp3) is 0.238. The molecule has 2 aromatic carbocycles. The Kier molecular flexibility index (Phi) is 5.96. The topological polar surface area (TPSA) is 56.1 Å². The molecular formula is C21H21Cl2N3O2. The normalized spacial score (nSPS) is 11.3. The van der Waals surface area contributed by atoms with E-state index in [1.165, 1.54) is 5.56 Å². The Morgan fingerprint density at radius 3 is 2.43 bits per heavy atom. The quantitative estimate of drug-likeness (QED) is 0.572. The summed E-state index contributed by atoms with van der Waals surface area (Å²) in [5, 5.41) is 7.77. The number of halogens is 2. The van der Waals surface area contributed by atoms with E-state index in [9.17, 15) is 4.79 Å². The molecule has 1 N–H and O–H groups in total. The monoisotopic (exact) mass is 417 g/mol. The fourth-order valence-corrected chi connectivity index (χ4v) is 2.81. The number of nitrogens with zero attached hydrogens (tertiary/aromatic N) is 2. The Bertz CT molecular complexity index is 976. The summed E-state index contributed by atoms with van der Waals surface area (Å²) in [6, 6.07) is 14.5. The van der Waals surface area contributed by atoms with E-state index in [1.807, 2.05) is 12.1 Å². The van der Waals surface area contributed by atoms with Crippen LogP contribution in [0.15, 0.2) is 54.7 Å². The van der Waals surface area contributed by atoms with E-state index in [0.29, 0.717) is 15.7 Å². The minimum atomic E-state index is -0.341. The molecule has 7 heteroatoms. The Labute approximate surface area is 174 Å². The molecule has 5 nitrogen and oxygen atoms in total. The van der Waals surface area contributed by atoms with Crippen molar-refractivity contribution in [3.63, 3.8) is 0 Å². The Hall–Kier alpha value is -2.50. The number of carbonyl (C=O) groups is 1. The largest absolute Gasteiger partial charge is 0.471 e. The van der Waals surface area contributed by atoms with Crippen LogP contribution in [0.2, 0.25) is 10.0 Å². The molecule has 0 fully saturated rings. The van der Waals surface area contributed by atoms with Crippen molar-refractivity contribution in [3.8, 4) is 5.75 Å². The summed E-state index contributed by atoms with van der Waals surface area (Å²) in [5.74, 6) is 0.400. The van der Waals surface area contributed by atoms with Crippen molar-refractivity contribution < 1.29 is 9.53 Å². The third-order valence-electron chi connectivity index (χ3n) is 4.13. The molecule has 1 amide bonds. The number of aromatic nitrogens is 2. The van der Waals surface area contributed by atoms with Crippen molar-refractivity contribution in [2.24, 2.45) is 0 Å². The molecule has 0 aliphatic rings. The molecule has 0 saturated heterocycles. The van der Waals surface area contributed by atoms with Gasteiger partial charge in [0, 0.05) is 11.9 Å². The number of amides is 1. The van der Waals surface area contributed by atoms with E-state index in [2.05, 4.69) is 43.3 Å². The van der Waals surface area contributed by atoms with Crippen molar-refractivity contribution in [3.05, 3.63) is 76.0 Å².